The van der Waals surface area contributed by atoms with Crippen molar-refractivity contribution >= 4 is 11.8 Å². The molecule has 3 rings (SSSR count). The smallest absolute Gasteiger partial charge is 0.414 e. The van der Waals surface area contributed by atoms with Crippen molar-refractivity contribution in [1.29, 1.82) is 0 Å². The van der Waals surface area contributed by atoms with Gasteiger partial charge in [0.05, 0.1) is 24.5 Å². The Morgan fingerprint density at radius 1 is 1.24 bits per heavy atom. The highest BCUT2D eigenvalue weighted by Gasteiger charge is 2.33. The number of hydrogen-bond donors (Lipinski definition) is 0. The molecule has 1 amide bonds. The molecular formula is C18H27FN4O2. The molecule has 1 saturated heterocycles. The number of amides is 1. The van der Waals surface area contributed by atoms with Gasteiger partial charge in [-0.1, -0.05) is 39.0 Å². The SMILES string of the molecule is CC.CC.Cc1cn(CC2CN(c3ccc(C)c(F)c3)C(=O)O2)nn1. The van der Waals surface area contributed by atoms with Gasteiger partial charge >= 0.3 is 6.09 Å². The zero-order chi connectivity index (χ0) is 19.0. The van der Waals surface area contributed by atoms with Crippen LogP contribution in [0.25, 0.3) is 0 Å². The van der Waals surface area contributed by atoms with Gasteiger partial charge in [0.25, 0.3) is 0 Å². The number of rotatable bonds is 3. The Kier molecular flexibility index (Phi) is 8.04. The van der Waals surface area contributed by atoms with Crippen LogP contribution in [0.3, 0.4) is 0 Å². The minimum absolute atomic E-state index is 0.331. The number of benzene rings is 1. The normalized spacial score (nSPS) is 15.7. The van der Waals surface area contributed by atoms with E-state index >= 15 is 0 Å². The third-order valence-corrected chi connectivity index (χ3v) is 3.39. The van der Waals surface area contributed by atoms with E-state index < -0.39 is 6.09 Å². The van der Waals surface area contributed by atoms with Crippen molar-refractivity contribution in [1.82, 2.24) is 15.0 Å². The van der Waals surface area contributed by atoms with Crippen molar-refractivity contribution in [2.45, 2.75) is 54.2 Å². The minimum Gasteiger partial charge on any atom is -0.442 e. The van der Waals surface area contributed by atoms with Crippen molar-refractivity contribution < 1.29 is 13.9 Å². The first-order valence-corrected chi connectivity index (χ1v) is 8.64. The molecule has 1 fully saturated rings. The van der Waals surface area contributed by atoms with Gasteiger partial charge in [-0.3, -0.25) is 4.90 Å². The van der Waals surface area contributed by atoms with E-state index in [0.29, 0.717) is 24.3 Å². The first-order valence-electron chi connectivity index (χ1n) is 8.64. The summed E-state index contributed by atoms with van der Waals surface area (Å²) in [5.41, 5.74) is 1.85. The third kappa shape index (κ3) is 5.27. The van der Waals surface area contributed by atoms with Crippen LogP contribution in [-0.4, -0.2) is 33.7 Å². The Bertz CT molecular complexity index is 687. The summed E-state index contributed by atoms with van der Waals surface area (Å²) in [6.07, 6.45) is 0.977. The molecule has 0 aliphatic carbocycles. The van der Waals surface area contributed by atoms with E-state index in [9.17, 15) is 9.18 Å². The first-order chi connectivity index (χ1) is 12.0. The molecule has 1 aromatic carbocycles. The number of anilines is 1. The van der Waals surface area contributed by atoms with E-state index in [2.05, 4.69) is 10.3 Å². The Hall–Kier alpha value is -2.44. The number of halogens is 1. The second kappa shape index (κ2) is 9.76. The molecule has 1 aromatic heterocycles. The molecule has 0 saturated carbocycles. The van der Waals surface area contributed by atoms with Gasteiger partial charge in [-0.15, -0.1) is 5.10 Å². The zero-order valence-electron chi connectivity index (χ0n) is 15.8. The predicted octanol–water partition coefficient (Wildman–Crippen LogP) is 4.11. The summed E-state index contributed by atoms with van der Waals surface area (Å²) in [7, 11) is 0. The fourth-order valence-electron chi connectivity index (χ4n) is 2.27. The largest absolute Gasteiger partial charge is 0.442 e. The number of nitrogens with zero attached hydrogens (tertiary/aromatic N) is 4. The molecule has 1 unspecified atom stereocenters. The van der Waals surface area contributed by atoms with Crippen LogP contribution >= 0.6 is 0 Å². The van der Waals surface area contributed by atoms with Gasteiger partial charge in [0.15, 0.2) is 0 Å². The summed E-state index contributed by atoms with van der Waals surface area (Å²) in [5.74, 6) is -0.337. The molecule has 6 nitrogen and oxygen atoms in total. The van der Waals surface area contributed by atoms with Gasteiger partial charge < -0.3 is 4.74 Å². The number of carbonyl (C=O) groups is 1. The summed E-state index contributed by atoms with van der Waals surface area (Å²) in [6, 6.07) is 4.70. The lowest BCUT2D eigenvalue weighted by Crippen LogP contribution is -2.26. The molecule has 0 bridgehead atoms. The molecule has 2 heterocycles. The zero-order valence-corrected chi connectivity index (χ0v) is 15.8. The second-order valence-electron chi connectivity index (χ2n) is 5.13. The predicted molar refractivity (Wildman–Crippen MR) is 96.2 cm³/mol. The molecule has 0 radical (unpaired) electrons. The Balaban J connectivity index is 0.000000730. The van der Waals surface area contributed by atoms with E-state index in [1.54, 1.807) is 29.9 Å². The summed E-state index contributed by atoms with van der Waals surface area (Å²) < 4.78 is 20.5. The van der Waals surface area contributed by atoms with Crippen LogP contribution < -0.4 is 4.90 Å². The first kappa shape index (κ1) is 20.6. The molecule has 0 spiro atoms. The highest BCUT2D eigenvalue weighted by molar-refractivity contribution is 5.89. The van der Waals surface area contributed by atoms with Gasteiger partial charge in [-0.05, 0) is 31.5 Å². The number of aromatic nitrogens is 3. The Morgan fingerprint density at radius 3 is 2.48 bits per heavy atom. The molecular weight excluding hydrogens is 323 g/mol. The highest BCUT2D eigenvalue weighted by atomic mass is 19.1. The third-order valence-electron chi connectivity index (χ3n) is 3.39. The Morgan fingerprint density at radius 2 is 1.92 bits per heavy atom. The number of carbonyl (C=O) groups excluding carboxylic acids is 1. The molecule has 138 valence electrons. The van der Waals surface area contributed by atoms with Crippen LogP contribution in [0.15, 0.2) is 24.4 Å². The van der Waals surface area contributed by atoms with Crippen molar-refractivity contribution in [2.24, 2.45) is 0 Å². The van der Waals surface area contributed by atoms with E-state index in [0.717, 1.165) is 5.69 Å². The quantitative estimate of drug-likeness (QED) is 0.836. The van der Waals surface area contributed by atoms with Gasteiger partial charge in [-0.25, -0.2) is 13.9 Å². The summed E-state index contributed by atoms with van der Waals surface area (Å²) >= 11 is 0. The standard InChI is InChI=1S/C14H15FN4O2.2C2H6/c1-9-3-4-11(5-13(9)15)19-8-12(21-14(19)20)7-18-6-10(2)16-17-18;2*1-2/h3-6,12H,7-8H2,1-2H3;2*1-2H3. The lowest BCUT2D eigenvalue weighted by atomic mass is 10.2. The van der Waals surface area contributed by atoms with E-state index in [4.69, 9.17) is 4.74 Å². The highest BCUT2D eigenvalue weighted by Crippen LogP contribution is 2.24. The summed E-state index contributed by atoms with van der Waals surface area (Å²) in [6.45, 7) is 12.3. The Labute approximate surface area is 148 Å². The lowest BCUT2D eigenvalue weighted by Gasteiger charge is -2.13. The second-order valence-corrected chi connectivity index (χ2v) is 5.13. The molecule has 25 heavy (non-hydrogen) atoms. The molecule has 1 atom stereocenters. The molecule has 1 aliphatic rings. The molecule has 2 aromatic rings. The van der Waals surface area contributed by atoms with Crippen molar-refractivity contribution in [2.75, 3.05) is 11.4 Å². The maximum absolute atomic E-state index is 13.6. The van der Waals surface area contributed by atoms with Crippen molar-refractivity contribution in [3.8, 4) is 0 Å². The summed E-state index contributed by atoms with van der Waals surface area (Å²) in [4.78, 5) is 13.3. The lowest BCUT2D eigenvalue weighted by molar-refractivity contribution is 0.129. The van der Waals surface area contributed by atoms with Crippen LogP contribution in [0.1, 0.15) is 39.0 Å². The fourth-order valence-corrected chi connectivity index (χ4v) is 2.27. The number of hydrogen-bond acceptors (Lipinski definition) is 4. The molecule has 1 aliphatic heterocycles. The molecule has 0 N–H and O–H groups in total. The van der Waals surface area contributed by atoms with Gasteiger partial charge in [-0.2, -0.15) is 0 Å². The maximum Gasteiger partial charge on any atom is 0.414 e. The number of cyclic esters (lactones) is 1. The minimum atomic E-state index is -0.472. The number of aryl methyl sites for hydroxylation is 2. The maximum atomic E-state index is 13.6. The van der Waals surface area contributed by atoms with Crippen LogP contribution in [0.2, 0.25) is 0 Å². The van der Waals surface area contributed by atoms with Gasteiger partial charge in [0.2, 0.25) is 0 Å². The van der Waals surface area contributed by atoms with Crippen LogP contribution in [0.5, 0.6) is 0 Å². The fraction of sp³-hybridized carbons (Fsp3) is 0.500. The van der Waals surface area contributed by atoms with E-state index in [1.807, 2.05) is 34.6 Å². The van der Waals surface area contributed by atoms with Crippen LogP contribution in [-0.2, 0) is 11.3 Å². The average Bonchev–Trinajstić information content (AvgIpc) is 3.19. The van der Waals surface area contributed by atoms with Crippen molar-refractivity contribution in [3.63, 3.8) is 0 Å². The van der Waals surface area contributed by atoms with Gasteiger partial charge in [0, 0.05) is 6.20 Å². The van der Waals surface area contributed by atoms with Crippen LogP contribution in [0.4, 0.5) is 14.9 Å². The average molecular weight is 350 g/mol. The van der Waals surface area contributed by atoms with Crippen molar-refractivity contribution in [3.05, 3.63) is 41.5 Å². The topological polar surface area (TPSA) is 60.2 Å². The molecule has 7 heteroatoms. The summed E-state index contributed by atoms with van der Waals surface area (Å²) in [5, 5.41) is 7.81. The monoisotopic (exact) mass is 350 g/mol. The number of ether oxygens (including phenoxy) is 1. The van der Waals surface area contributed by atoms with E-state index in [1.165, 1.54) is 11.0 Å². The van der Waals surface area contributed by atoms with Gasteiger partial charge in [0.1, 0.15) is 11.9 Å². The van der Waals surface area contributed by atoms with E-state index in [-0.39, 0.29) is 11.9 Å². The van der Waals surface area contributed by atoms with Crippen LogP contribution in [0, 0.1) is 19.7 Å².